The number of rotatable bonds is 5. The first-order chi connectivity index (χ1) is 13.2. The van der Waals surface area contributed by atoms with E-state index >= 15 is 0 Å². The highest BCUT2D eigenvalue weighted by atomic mass is 35.5. The van der Waals surface area contributed by atoms with Crippen LogP contribution in [0.2, 0.25) is 10.0 Å². The SMILES string of the molecule is O=C(/C=C/c1ccc(Cl)cc1Cl)N(Cc1ccc(F)cc1)C1CCS(=O)(=O)C1. The summed E-state index contributed by atoms with van der Waals surface area (Å²) in [5, 5.41) is 0.896. The van der Waals surface area contributed by atoms with Crippen LogP contribution in [0, 0.1) is 5.82 Å². The van der Waals surface area contributed by atoms with Gasteiger partial charge >= 0.3 is 0 Å². The highest BCUT2D eigenvalue weighted by molar-refractivity contribution is 7.91. The second-order valence-corrected chi connectivity index (χ2v) is 9.72. The monoisotopic (exact) mass is 441 g/mol. The molecule has 0 spiro atoms. The number of hydrogen-bond donors (Lipinski definition) is 0. The van der Waals surface area contributed by atoms with Crippen LogP contribution in [0.15, 0.2) is 48.5 Å². The van der Waals surface area contributed by atoms with Gasteiger partial charge in [0.15, 0.2) is 9.84 Å². The quantitative estimate of drug-likeness (QED) is 0.647. The van der Waals surface area contributed by atoms with Crippen molar-refractivity contribution >= 4 is 45.0 Å². The first-order valence-electron chi connectivity index (χ1n) is 8.62. The van der Waals surface area contributed by atoms with Crippen molar-refractivity contribution in [3.8, 4) is 0 Å². The van der Waals surface area contributed by atoms with E-state index in [4.69, 9.17) is 23.2 Å². The highest BCUT2D eigenvalue weighted by Gasteiger charge is 2.34. The summed E-state index contributed by atoms with van der Waals surface area (Å²) in [5.41, 5.74) is 1.34. The third-order valence-corrected chi connectivity index (χ3v) is 6.88. The van der Waals surface area contributed by atoms with E-state index in [0.717, 1.165) is 5.56 Å². The molecule has 1 heterocycles. The minimum Gasteiger partial charge on any atom is -0.331 e. The Morgan fingerprint density at radius 3 is 2.50 bits per heavy atom. The van der Waals surface area contributed by atoms with E-state index in [1.165, 1.54) is 23.1 Å². The summed E-state index contributed by atoms with van der Waals surface area (Å²) in [6, 6.07) is 10.3. The standard InChI is InChI=1S/C20H18Cl2FNO3S/c21-16-5-3-15(19(22)11-16)4-8-20(25)24(18-9-10-28(26,27)13-18)12-14-1-6-17(23)7-2-14/h1-8,11,18H,9-10,12-13H2/b8-4+. The summed E-state index contributed by atoms with van der Waals surface area (Å²) in [6.45, 7) is 0.192. The average Bonchev–Trinajstić information content (AvgIpc) is 2.99. The Kier molecular flexibility index (Phi) is 6.43. The molecular weight excluding hydrogens is 424 g/mol. The van der Waals surface area contributed by atoms with Gasteiger partial charge in [-0.3, -0.25) is 4.79 Å². The maximum atomic E-state index is 13.2. The molecule has 0 radical (unpaired) electrons. The summed E-state index contributed by atoms with van der Waals surface area (Å²) >= 11 is 12.0. The molecule has 1 aliphatic rings. The molecule has 4 nitrogen and oxygen atoms in total. The number of carbonyl (C=O) groups excluding carboxylic acids is 1. The number of sulfone groups is 1. The van der Waals surface area contributed by atoms with Gasteiger partial charge in [-0.25, -0.2) is 12.8 Å². The highest BCUT2D eigenvalue weighted by Crippen LogP contribution is 2.24. The molecule has 2 aromatic carbocycles. The summed E-state index contributed by atoms with van der Waals surface area (Å²) in [5.74, 6) is -0.729. The minimum atomic E-state index is -3.17. The van der Waals surface area contributed by atoms with Gasteiger partial charge in [0, 0.05) is 28.7 Å². The maximum absolute atomic E-state index is 13.2. The Bertz CT molecular complexity index is 1010. The molecule has 1 saturated heterocycles. The zero-order valence-corrected chi connectivity index (χ0v) is 17.1. The Morgan fingerprint density at radius 2 is 1.89 bits per heavy atom. The number of halogens is 3. The van der Waals surface area contributed by atoms with Crippen LogP contribution in [0.3, 0.4) is 0 Å². The lowest BCUT2D eigenvalue weighted by Gasteiger charge is -2.27. The predicted octanol–water partition coefficient (Wildman–Crippen LogP) is 4.36. The molecule has 2 aromatic rings. The van der Waals surface area contributed by atoms with Crippen LogP contribution in [0.4, 0.5) is 4.39 Å². The Labute approximate surface area is 173 Å². The van der Waals surface area contributed by atoms with Crippen LogP contribution >= 0.6 is 23.2 Å². The lowest BCUT2D eigenvalue weighted by atomic mass is 10.1. The van der Waals surface area contributed by atoms with Crippen LogP contribution in [-0.4, -0.2) is 36.8 Å². The van der Waals surface area contributed by atoms with Gasteiger partial charge < -0.3 is 4.90 Å². The van der Waals surface area contributed by atoms with Gasteiger partial charge in [-0.05, 0) is 47.9 Å². The van der Waals surface area contributed by atoms with E-state index < -0.39 is 15.9 Å². The van der Waals surface area contributed by atoms with Crippen molar-refractivity contribution in [2.24, 2.45) is 0 Å². The van der Waals surface area contributed by atoms with Gasteiger partial charge in [-0.15, -0.1) is 0 Å². The summed E-state index contributed by atoms with van der Waals surface area (Å²) in [4.78, 5) is 14.4. The van der Waals surface area contributed by atoms with Gasteiger partial charge in [0.2, 0.25) is 5.91 Å². The van der Waals surface area contributed by atoms with Crippen LogP contribution < -0.4 is 0 Å². The van der Waals surface area contributed by atoms with Crippen LogP contribution in [-0.2, 0) is 21.2 Å². The van der Waals surface area contributed by atoms with Crippen molar-refractivity contribution in [3.05, 3.63) is 75.5 Å². The van der Waals surface area contributed by atoms with E-state index in [1.54, 1.807) is 36.4 Å². The molecule has 0 aliphatic carbocycles. The van der Waals surface area contributed by atoms with Crippen molar-refractivity contribution in [2.45, 2.75) is 19.0 Å². The fourth-order valence-electron chi connectivity index (χ4n) is 3.09. The molecule has 1 atom stereocenters. The number of hydrogen-bond acceptors (Lipinski definition) is 3. The fraction of sp³-hybridized carbons (Fsp3) is 0.250. The summed E-state index contributed by atoms with van der Waals surface area (Å²) in [6.07, 6.45) is 3.32. The van der Waals surface area contributed by atoms with E-state index in [1.807, 2.05) is 0 Å². The molecule has 1 amide bonds. The Balaban J connectivity index is 1.83. The first-order valence-corrected chi connectivity index (χ1v) is 11.2. The maximum Gasteiger partial charge on any atom is 0.247 e. The smallest absolute Gasteiger partial charge is 0.247 e. The molecule has 0 aromatic heterocycles. The number of nitrogens with zero attached hydrogens (tertiary/aromatic N) is 1. The van der Waals surface area contributed by atoms with E-state index in [-0.39, 0.29) is 29.8 Å². The molecule has 0 N–H and O–H groups in total. The first kappa shape index (κ1) is 20.8. The molecule has 3 rings (SSSR count). The molecule has 1 fully saturated rings. The fourth-order valence-corrected chi connectivity index (χ4v) is 5.29. The third-order valence-electron chi connectivity index (χ3n) is 4.57. The van der Waals surface area contributed by atoms with Gasteiger partial charge in [0.1, 0.15) is 5.82 Å². The van der Waals surface area contributed by atoms with Gasteiger partial charge in [0.25, 0.3) is 0 Å². The lowest BCUT2D eigenvalue weighted by Crippen LogP contribution is -2.39. The Morgan fingerprint density at radius 1 is 1.18 bits per heavy atom. The van der Waals surface area contributed by atoms with Crippen molar-refractivity contribution < 1.29 is 17.6 Å². The van der Waals surface area contributed by atoms with E-state index in [0.29, 0.717) is 22.0 Å². The topological polar surface area (TPSA) is 54.5 Å². The number of amides is 1. The van der Waals surface area contributed by atoms with Gasteiger partial charge in [-0.1, -0.05) is 41.4 Å². The largest absolute Gasteiger partial charge is 0.331 e. The molecule has 0 saturated carbocycles. The molecule has 148 valence electrons. The normalized spacial score (nSPS) is 18.5. The molecule has 28 heavy (non-hydrogen) atoms. The zero-order chi connectivity index (χ0) is 20.3. The molecule has 1 aliphatic heterocycles. The molecule has 0 bridgehead atoms. The van der Waals surface area contributed by atoms with E-state index in [2.05, 4.69) is 0 Å². The van der Waals surface area contributed by atoms with Crippen molar-refractivity contribution in [1.82, 2.24) is 4.90 Å². The van der Waals surface area contributed by atoms with Gasteiger partial charge in [-0.2, -0.15) is 0 Å². The molecule has 1 unspecified atom stereocenters. The van der Waals surface area contributed by atoms with Crippen molar-refractivity contribution in [3.63, 3.8) is 0 Å². The molecular formula is C20H18Cl2FNO3S. The van der Waals surface area contributed by atoms with E-state index in [9.17, 15) is 17.6 Å². The molecule has 8 heteroatoms. The van der Waals surface area contributed by atoms with Crippen molar-refractivity contribution in [2.75, 3.05) is 11.5 Å². The lowest BCUT2D eigenvalue weighted by molar-refractivity contribution is -0.128. The average molecular weight is 442 g/mol. The number of benzene rings is 2. The van der Waals surface area contributed by atoms with Crippen molar-refractivity contribution in [1.29, 1.82) is 0 Å². The Hall–Kier alpha value is -1.89. The van der Waals surface area contributed by atoms with Crippen LogP contribution in [0.1, 0.15) is 17.5 Å². The zero-order valence-electron chi connectivity index (χ0n) is 14.8. The summed E-state index contributed by atoms with van der Waals surface area (Å²) < 4.78 is 36.9. The minimum absolute atomic E-state index is 0.0532. The second-order valence-electron chi connectivity index (χ2n) is 6.65. The van der Waals surface area contributed by atoms with Crippen LogP contribution in [0.25, 0.3) is 6.08 Å². The summed E-state index contributed by atoms with van der Waals surface area (Å²) in [7, 11) is -3.17. The van der Waals surface area contributed by atoms with Gasteiger partial charge in [0.05, 0.1) is 11.5 Å². The second kappa shape index (κ2) is 8.64. The van der Waals surface area contributed by atoms with Crippen LogP contribution in [0.5, 0.6) is 0 Å². The number of carbonyl (C=O) groups is 1. The third kappa shape index (κ3) is 5.34. The predicted molar refractivity (Wildman–Crippen MR) is 110 cm³/mol.